The number of rotatable bonds is 6. The van der Waals surface area contributed by atoms with Crippen molar-refractivity contribution in [1.82, 2.24) is 0 Å². The highest BCUT2D eigenvalue weighted by Crippen LogP contribution is 2.23. The van der Waals surface area contributed by atoms with Crippen molar-refractivity contribution in [2.45, 2.75) is 13.8 Å². The monoisotopic (exact) mass is 373 g/mol. The average Bonchev–Trinajstić information content (AvgIpc) is 2.63. The number of benzene rings is 2. The van der Waals surface area contributed by atoms with Gasteiger partial charge in [0.05, 0.1) is 21.5 Å². The minimum atomic E-state index is -1.09. The summed E-state index contributed by atoms with van der Waals surface area (Å²) in [6.07, 6.45) is 0. The van der Waals surface area contributed by atoms with Crippen LogP contribution in [0.4, 0.5) is 17.1 Å². The molecule has 1 N–H and O–H groups in total. The third kappa shape index (κ3) is 4.84. The first-order valence-electron chi connectivity index (χ1n) is 7.66. The number of anilines is 1. The van der Waals surface area contributed by atoms with Gasteiger partial charge in [-0.2, -0.15) is 0 Å². The number of nitrogens with one attached hydrogen (secondary N) is 1. The van der Waals surface area contributed by atoms with E-state index in [1.807, 2.05) is 19.9 Å². The van der Waals surface area contributed by atoms with Gasteiger partial charge < -0.3 is 10.1 Å². The Labute approximate surface area is 153 Å². The Morgan fingerprint density at radius 1 is 1.04 bits per heavy atom. The quantitative estimate of drug-likeness (QED) is 0.466. The molecule has 0 spiro atoms. The summed E-state index contributed by atoms with van der Waals surface area (Å²) in [6.45, 7) is 3.04. The number of nitro benzene ring substituents is 2. The molecule has 0 aliphatic rings. The number of ether oxygens (including phenoxy) is 1. The second-order valence-electron chi connectivity index (χ2n) is 5.62. The zero-order valence-electron chi connectivity index (χ0n) is 14.4. The number of carbonyl (C=O) groups excluding carboxylic acids is 2. The molecule has 0 saturated heterocycles. The van der Waals surface area contributed by atoms with Crippen LogP contribution in [0.2, 0.25) is 0 Å². The first-order valence-corrected chi connectivity index (χ1v) is 7.66. The zero-order chi connectivity index (χ0) is 20.1. The summed E-state index contributed by atoms with van der Waals surface area (Å²) in [6, 6.07) is 7.73. The predicted molar refractivity (Wildman–Crippen MR) is 94.6 cm³/mol. The van der Waals surface area contributed by atoms with E-state index in [0.717, 1.165) is 29.3 Å². The maximum atomic E-state index is 12.0. The van der Waals surface area contributed by atoms with Gasteiger partial charge in [-0.15, -0.1) is 0 Å². The Hall–Kier alpha value is -3.82. The summed E-state index contributed by atoms with van der Waals surface area (Å²) < 4.78 is 4.81. The Morgan fingerprint density at radius 3 is 2.19 bits per heavy atom. The lowest BCUT2D eigenvalue weighted by molar-refractivity contribution is -0.394. The second-order valence-corrected chi connectivity index (χ2v) is 5.62. The highest BCUT2D eigenvalue weighted by molar-refractivity contribution is 5.96. The van der Waals surface area contributed by atoms with Gasteiger partial charge in [0.25, 0.3) is 17.3 Å². The summed E-state index contributed by atoms with van der Waals surface area (Å²) in [5.41, 5.74) is 0.727. The van der Waals surface area contributed by atoms with Crippen LogP contribution in [-0.2, 0) is 9.53 Å². The molecule has 140 valence electrons. The van der Waals surface area contributed by atoms with Crippen molar-refractivity contribution in [3.63, 3.8) is 0 Å². The third-order valence-corrected chi connectivity index (χ3v) is 3.77. The van der Waals surface area contributed by atoms with Gasteiger partial charge in [0, 0.05) is 17.8 Å². The van der Waals surface area contributed by atoms with Gasteiger partial charge in [-0.25, -0.2) is 4.79 Å². The molecule has 0 aliphatic heterocycles. The first-order chi connectivity index (χ1) is 12.7. The number of non-ortho nitro benzene ring substituents is 2. The Morgan fingerprint density at radius 2 is 1.63 bits per heavy atom. The van der Waals surface area contributed by atoms with Gasteiger partial charge in [-0.3, -0.25) is 25.0 Å². The Balaban J connectivity index is 2.09. The zero-order valence-corrected chi connectivity index (χ0v) is 14.4. The fourth-order valence-electron chi connectivity index (χ4n) is 2.21. The van der Waals surface area contributed by atoms with Crippen LogP contribution in [0.5, 0.6) is 0 Å². The van der Waals surface area contributed by atoms with Gasteiger partial charge in [-0.1, -0.05) is 12.1 Å². The molecule has 0 heterocycles. The van der Waals surface area contributed by atoms with Crippen LogP contribution in [0.3, 0.4) is 0 Å². The van der Waals surface area contributed by atoms with Crippen LogP contribution in [0.25, 0.3) is 0 Å². The maximum Gasteiger partial charge on any atom is 0.339 e. The lowest BCUT2D eigenvalue weighted by Crippen LogP contribution is -2.21. The van der Waals surface area contributed by atoms with E-state index in [0.29, 0.717) is 5.69 Å². The predicted octanol–water partition coefficient (Wildman–Crippen LogP) is 2.92. The Bertz CT molecular complexity index is 908. The van der Waals surface area contributed by atoms with Crippen molar-refractivity contribution in [3.8, 4) is 0 Å². The molecule has 0 saturated carbocycles. The lowest BCUT2D eigenvalue weighted by Gasteiger charge is -2.10. The number of hydrogen-bond acceptors (Lipinski definition) is 7. The van der Waals surface area contributed by atoms with Crippen LogP contribution >= 0.6 is 0 Å². The lowest BCUT2D eigenvalue weighted by atomic mass is 10.1. The highest BCUT2D eigenvalue weighted by Gasteiger charge is 2.21. The number of hydrogen-bond donors (Lipinski definition) is 1. The summed E-state index contributed by atoms with van der Waals surface area (Å²) in [7, 11) is 0. The molecule has 0 radical (unpaired) electrons. The largest absolute Gasteiger partial charge is 0.452 e. The van der Waals surface area contributed by atoms with Crippen LogP contribution in [0, 0.1) is 34.1 Å². The SMILES string of the molecule is Cc1cccc(NC(=O)COC(=O)c2cc([N+](=O)[O-])cc([N+](=O)[O-])c2)c1C. The number of aryl methyl sites for hydroxylation is 1. The molecule has 2 aromatic carbocycles. The summed E-state index contributed by atoms with van der Waals surface area (Å²) >= 11 is 0. The third-order valence-electron chi connectivity index (χ3n) is 3.77. The molecular formula is C17H15N3O7. The van der Waals surface area contributed by atoms with Crippen molar-refractivity contribution in [2.75, 3.05) is 11.9 Å². The molecule has 2 rings (SSSR count). The molecule has 0 unspecified atom stereocenters. The van der Waals surface area contributed by atoms with E-state index in [1.165, 1.54) is 0 Å². The van der Waals surface area contributed by atoms with Crippen LogP contribution < -0.4 is 5.32 Å². The average molecular weight is 373 g/mol. The maximum absolute atomic E-state index is 12.0. The molecule has 1 amide bonds. The number of esters is 1. The van der Waals surface area contributed by atoms with Crippen molar-refractivity contribution in [2.24, 2.45) is 0 Å². The van der Waals surface area contributed by atoms with Gasteiger partial charge in [0.2, 0.25) is 0 Å². The van der Waals surface area contributed by atoms with Crippen LogP contribution in [-0.4, -0.2) is 28.3 Å². The molecule has 10 nitrogen and oxygen atoms in total. The van der Waals surface area contributed by atoms with Gasteiger partial charge in [0.1, 0.15) is 0 Å². The van der Waals surface area contributed by atoms with E-state index in [2.05, 4.69) is 5.32 Å². The van der Waals surface area contributed by atoms with Crippen molar-refractivity contribution in [1.29, 1.82) is 0 Å². The van der Waals surface area contributed by atoms with Gasteiger partial charge in [0.15, 0.2) is 6.61 Å². The van der Waals surface area contributed by atoms with E-state index in [9.17, 15) is 29.8 Å². The molecule has 0 aromatic heterocycles. The molecule has 27 heavy (non-hydrogen) atoms. The van der Waals surface area contributed by atoms with Crippen molar-refractivity contribution in [3.05, 3.63) is 73.3 Å². The fraction of sp³-hybridized carbons (Fsp3) is 0.176. The molecular weight excluding hydrogens is 358 g/mol. The van der Waals surface area contributed by atoms with Gasteiger partial charge in [-0.05, 0) is 31.0 Å². The molecule has 2 aromatic rings. The number of nitro groups is 2. The van der Waals surface area contributed by atoms with E-state index < -0.39 is 45.3 Å². The van der Waals surface area contributed by atoms with Gasteiger partial charge >= 0.3 is 5.97 Å². The summed E-state index contributed by atoms with van der Waals surface area (Å²) in [5, 5.41) is 24.3. The highest BCUT2D eigenvalue weighted by atomic mass is 16.6. The Kier molecular flexibility index (Phi) is 5.81. The molecule has 0 atom stereocenters. The molecule has 0 aliphatic carbocycles. The summed E-state index contributed by atoms with van der Waals surface area (Å²) in [5.74, 6) is -1.70. The minimum absolute atomic E-state index is 0.393. The first kappa shape index (κ1) is 19.5. The van der Waals surface area contributed by atoms with Crippen LogP contribution in [0.15, 0.2) is 36.4 Å². The normalized spacial score (nSPS) is 10.1. The fourth-order valence-corrected chi connectivity index (χ4v) is 2.21. The molecule has 0 bridgehead atoms. The standard InChI is InChI=1S/C17H15N3O7/c1-10-4-3-5-15(11(10)2)18-16(21)9-27-17(22)12-6-13(19(23)24)8-14(7-12)20(25)26/h3-8H,9H2,1-2H3,(H,18,21). The summed E-state index contributed by atoms with van der Waals surface area (Å²) in [4.78, 5) is 43.9. The minimum Gasteiger partial charge on any atom is -0.452 e. The number of carbonyl (C=O) groups is 2. The van der Waals surface area contributed by atoms with Crippen molar-refractivity contribution >= 4 is 28.9 Å². The van der Waals surface area contributed by atoms with E-state index >= 15 is 0 Å². The van der Waals surface area contributed by atoms with E-state index in [1.54, 1.807) is 12.1 Å². The smallest absolute Gasteiger partial charge is 0.339 e. The van der Waals surface area contributed by atoms with Crippen molar-refractivity contribution < 1.29 is 24.2 Å². The molecule has 10 heteroatoms. The molecule has 0 fully saturated rings. The number of amides is 1. The van der Waals surface area contributed by atoms with E-state index in [4.69, 9.17) is 4.74 Å². The van der Waals surface area contributed by atoms with E-state index in [-0.39, 0.29) is 0 Å². The van der Waals surface area contributed by atoms with Crippen LogP contribution in [0.1, 0.15) is 21.5 Å². The second kappa shape index (κ2) is 8.04. The number of nitrogens with zero attached hydrogens (tertiary/aromatic N) is 2. The topological polar surface area (TPSA) is 142 Å².